The Morgan fingerprint density at radius 1 is 1.11 bits per heavy atom. The van der Waals surface area contributed by atoms with E-state index in [2.05, 4.69) is 0 Å². The summed E-state index contributed by atoms with van der Waals surface area (Å²) >= 11 is 0. The SMILES string of the molecule is CC(C)n1ccn(CCOc2cccc(B3OC(C)(C)C(C)(C)O3)c2)c1=O. The summed E-state index contributed by atoms with van der Waals surface area (Å²) in [5, 5.41) is 0. The number of rotatable bonds is 6. The summed E-state index contributed by atoms with van der Waals surface area (Å²) in [7, 11) is -0.416. The third-order valence-corrected chi connectivity index (χ3v) is 5.41. The highest BCUT2D eigenvalue weighted by atomic mass is 16.7. The average molecular weight is 372 g/mol. The molecular weight excluding hydrogens is 343 g/mol. The van der Waals surface area contributed by atoms with E-state index in [1.54, 1.807) is 15.3 Å². The van der Waals surface area contributed by atoms with Crippen molar-refractivity contribution in [3.05, 3.63) is 47.1 Å². The molecule has 0 unspecified atom stereocenters. The number of imidazole rings is 1. The molecule has 0 amide bonds. The predicted molar refractivity (Wildman–Crippen MR) is 107 cm³/mol. The highest BCUT2D eigenvalue weighted by molar-refractivity contribution is 6.62. The van der Waals surface area contributed by atoms with Gasteiger partial charge in [0.25, 0.3) is 0 Å². The minimum atomic E-state index is -0.416. The van der Waals surface area contributed by atoms with E-state index in [9.17, 15) is 4.79 Å². The van der Waals surface area contributed by atoms with Crippen LogP contribution in [0.2, 0.25) is 0 Å². The van der Waals surface area contributed by atoms with E-state index in [4.69, 9.17) is 14.0 Å². The molecule has 27 heavy (non-hydrogen) atoms. The summed E-state index contributed by atoms with van der Waals surface area (Å²) in [6.07, 6.45) is 3.61. The van der Waals surface area contributed by atoms with Gasteiger partial charge in [0.15, 0.2) is 0 Å². The van der Waals surface area contributed by atoms with Crippen LogP contribution in [0, 0.1) is 0 Å². The van der Waals surface area contributed by atoms with E-state index in [1.165, 1.54) is 0 Å². The highest BCUT2D eigenvalue weighted by Gasteiger charge is 2.51. The smallest absolute Gasteiger partial charge is 0.492 e. The molecule has 6 nitrogen and oxygen atoms in total. The Labute approximate surface area is 161 Å². The lowest BCUT2D eigenvalue weighted by molar-refractivity contribution is 0.00578. The molecule has 0 N–H and O–H groups in total. The molecule has 1 aliphatic rings. The molecule has 1 aromatic heterocycles. The molecule has 0 radical (unpaired) electrons. The molecule has 2 aromatic rings. The van der Waals surface area contributed by atoms with E-state index >= 15 is 0 Å². The van der Waals surface area contributed by atoms with Gasteiger partial charge in [0.1, 0.15) is 12.4 Å². The van der Waals surface area contributed by atoms with Crippen LogP contribution in [0.1, 0.15) is 47.6 Å². The lowest BCUT2D eigenvalue weighted by Crippen LogP contribution is -2.41. The number of hydrogen-bond acceptors (Lipinski definition) is 4. The number of hydrogen-bond donors (Lipinski definition) is 0. The lowest BCUT2D eigenvalue weighted by atomic mass is 9.79. The Balaban J connectivity index is 1.63. The van der Waals surface area contributed by atoms with Crippen molar-refractivity contribution in [2.45, 2.75) is 65.3 Å². The monoisotopic (exact) mass is 372 g/mol. The van der Waals surface area contributed by atoms with Gasteiger partial charge in [-0.25, -0.2) is 4.79 Å². The summed E-state index contributed by atoms with van der Waals surface area (Å²) in [5.41, 5.74) is 0.160. The van der Waals surface area contributed by atoms with Crippen LogP contribution in [-0.2, 0) is 15.9 Å². The van der Waals surface area contributed by atoms with Crippen LogP contribution in [0.4, 0.5) is 0 Å². The van der Waals surface area contributed by atoms with Crippen molar-refractivity contribution < 1.29 is 14.0 Å². The Bertz CT molecular complexity index is 838. The number of ether oxygens (including phenoxy) is 1. The zero-order valence-electron chi connectivity index (χ0n) is 17.1. The van der Waals surface area contributed by atoms with Gasteiger partial charge in [0.2, 0.25) is 0 Å². The first-order valence-corrected chi connectivity index (χ1v) is 9.46. The maximum Gasteiger partial charge on any atom is 0.494 e. The first-order chi connectivity index (χ1) is 12.6. The molecule has 3 rings (SSSR count). The number of nitrogens with zero attached hydrogens (tertiary/aromatic N) is 2. The Kier molecular flexibility index (Phi) is 5.28. The van der Waals surface area contributed by atoms with E-state index in [0.717, 1.165) is 11.2 Å². The van der Waals surface area contributed by atoms with Crippen molar-refractivity contribution in [2.24, 2.45) is 0 Å². The van der Waals surface area contributed by atoms with Gasteiger partial charge in [-0.3, -0.25) is 9.13 Å². The average Bonchev–Trinajstić information content (AvgIpc) is 3.05. The molecule has 146 valence electrons. The fraction of sp³-hybridized carbons (Fsp3) is 0.550. The number of benzene rings is 1. The maximum atomic E-state index is 12.2. The molecule has 0 atom stereocenters. The Morgan fingerprint density at radius 2 is 1.78 bits per heavy atom. The first kappa shape index (κ1) is 19.8. The minimum absolute atomic E-state index is 0.0143. The van der Waals surface area contributed by atoms with E-state index in [0.29, 0.717) is 13.2 Å². The fourth-order valence-corrected chi connectivity index (χ4v) is 2.98. The van der Waals surface area contributed by atoms with Crippen LogP contribution >= 0.6 is 0 Å². The predicted octanol–water partition coefficient (Wildman–Crippen LogP) is 2.61. The van der Waals surface area contributed by atoms with E-state index < -0.39 is 7.12 Å². The molecular formula is C20H29BN2O4. The molecule has 1 aromatic carbocycles. The second kappa shape index (κ2) is 7.21. The second-order valence-corrected chi connectivity index (χ2v) is 8.28. The quantitative estimate of drug-likeness (QED) is 0.732. The summed E-state index contributed by atoms with van der Waals surface area (Å²) in [6.45, 7) is 13.0. The zero-order chi connectivity index (χ0) is 19.8. The van der Waals surface area contributed by atoms with Gasteiger partial charge >= 0.3 is 12.8 Å². The van der Waals surface area contributed by atoms with Crippen molar-refractivity contribution >= 4 is 12.6 Å². The van der Waals surface area contributed by atoms with Crippen LogP contribution in [0.5, 0.6) is 5.75 Å². The normalized spacial score (nSPS) is 18.3. The number of aromatic nitrogens is 2. The van der Waals surface area contributed by atoms with Crippen molar-refractivity contribution in [1.82, 2.24) is 9.13 Å². The Hall–Kier alpha value is -1.99. The maximum absolute atomic E-state index is 12.2. The van der Waals surface area contributed by atoms with Crippen LogP contribution in [-0.4, -0.2) is 34.1 Å². The third-order valence-electron chi connectivity index (χ3n) is 5.41. The molecule has 1 saturated heterocycles. The van der Waals surface area contributed by atoms with Gasteiger partial charge in [-0.15, -0.1) is 0 Å². The topological polar surface area (TPSA) is 54.6 Å². The zero-order valence-corrected chi connectivity index (χ0v) is 17.1. The summed E-state index contributed by atoms with van der Waals surface area (Å²) in [6, 6.07) is 7.89. The summed E-state index contributed by atoms with van der Waals surface area (Å²) in [5.74, 6) is 0.735. The summed E-state index contributed by atoms with van der Waals surface area (Å²) < 4.78 is 21.4. The van der Waals surface area contributed by atoms with Gasteiger partial charge in [0, 0.05) is 18.4 Å². The Morgan fingerprint density at radius 3 is 2.37 bits per heavy atom. The van der Waals surface area contributed by atoms with Gasteiger partial charge in [-0.1, -0.05) is 12.1 Å². The van der Waals surface area contributed by atoms with Crippen molar-refractivity contribution in [3.8, 4) is 5.75 Å². The van der Waals surface area contributed by atoms with Crippen LogP contribution in [0.3, 0.4) is 0 Å². The molecule has 0 bridgehead atoms. The van der Waals surface area contributed by atoms with Crippen LogP contribution in [0.25, 0.3) is 0 Å². The van der Waals surface area contributed by atoms with E-state index in [1.807, 2.05) is 72.0 Å². The van der Waals surface area contributed by atoms with Gasteiger partial charge in [-0.05, 0) is 59.1 Å². The minimum Gasteiger partial charge on any atom is -0.492 e. The van der Waals surface area contributed by atoms with Crippen LogP contribution in [0.15, 0.2) is 41.5 Å². The van der Waals surface area contributed by atoms with E-state index in [-0.39, 0.29) is 22.9 Å². The van der Waals surface area contributed by atoms with Crippen LogP contribution < -0.4 is 15.9 Å². The van der Waals surface area contributed by atoms with Gasteiger partial charge < -0.3 is 14.0 Å². The molecule has 0 spiro atoms. The largest absolute Gasteiger partial charge is 0.494 e. The third kappa shape index (κ3) is 3.99. The molecule has 1 aliphatic heterocycles. The van der Waals surface area contributed by atoms with Gasteiger partial charge in [0.05, 0.1) is 17.7 Å². The van der Waals surface area contributed by atoms with Crippen molar-refractivity contribution in [3.63, 3.8) is 0 Å². The molecule has 0 saturated carbocycles. The molecule has 0 aliphatic carbocycles. The van der Waals surface area contributed by atoms with Crippen molar-refractivity contribution in [1.29, 1.82) is 0 Å². The highest BCUT2D eigenvalue weighted by Crippen LogP contribution is 2.36. The standard InChI is InChI=1S/C20H29BN2O4/c1-15(2)23-11-10-22(18(23)24)12-13-25-17-9-7-8-16(14-17)21-26-19(3,4)20(5,6)27-21/h7-11,14-15H,12-13H2,1-6H3. The molecule has 2 heterocycles. The molecule has 1 fully saturated rings. The fourth-order valence-electron chi connectivity index (χ4n) is 2.98. The summed E-state index contributed by atoms with van der Waals surface area (Å²) in [4.78, 5) is 12.2. The van der Waals surface area contributed by atoms with Crippen molar-refractivity contribution in [2.75, 3.05) is 6.61 Å². The lowest BCUT2D eigenvalue weighted by Gasteiger charge is -2.32. The molecule has 7 heteroatoms. The first-order valence-electron chi connectivity index (χ1n) is 9.46. The van der Waals surface area contributed by atoms with Gasteiger partial charge in [-0.2, -0.15) is 0 Å². The second-order valence-electron chi connectivity index (χ2n) is 8.28.